The summed E-state index contributed by atoms with van der Waals surface area (Å²) in [6, 6.07) is 12.6. The third-order valence-corrected chi connectivity index (χ3v) is 4.12. The van der Waals surface area contributed by atoms with Crippen LogP contribution in [0, 0.1) is 12.3 Å². The van der Waals surface area contributed by atoms with Gasteiger partial charge in [0.25, 0.3) is 0 Å². The van der Waals surface area contributed by atoms with E-state index in [4.69, 9.17) is 11.6 Å². The standard InChI is InChI=1S/C20H24ClN3O2/c1-13-8-9-14(11-17(13)21)22-12-18(25)23-15-6-5-7-16(10-15)24-19(26)20(2,3)4/h5-11,22H,12H2,1-4H3,(H,23,25)(H,24,26). The van der Waals surface area contributed by atoms with Gasteiger partial charge in [-0.25, -0.2) is 0 Å². The molecule has 2 aromatic carbocycles. The van der Waals surface area contributed by atoms with E-state index in [0.717, 1.165) is 11.3 Å². The number of halogens is 1. The largest absolute Gasteiger partial charge is 0.376 e. The van der Waals surface area contributed by atoms with Crippen molar-refractivity contribution in [3.8, 4) is 0 Å². The third kappa shape index (κ3) is 5.77. The highest BCUT2D eigenvalue weighted by Crippen LogP contribution is 2.21. The first-order valence-corrected chi connectivity index (χ1v) is 8.74. The van der Waals surface area contributed by atoms with Crippen LogP contribution < -0.4 is 16.0 Å². The lowest BCUT2D eigenvalue weighted by Crippen LogP contribution is -2.27. The summed E-state index contributed by atoms with van der Waals surface area (Å²) >= 11 is 6.07. The molecular weight excluding hydrogens is 350 g/mol. The van der Waals surface area contributed by atoms with Crippen molar-refractivity contribution in [2.75, 3.05) is 22.5 Å². The number of aryl methyl sites for hydroxylation is 1. The number of rotatable bonds is 5. The van der Waals surface area contributed by atoms with E-state index in [-0.39, 0.29) is 18.4 Å². The highest BCUT2D eigenvalue weighted by molar-refractivity contribution is 6.31. The molecule has 0 bridgehead atoms. The molecule has 5 nitrogen and oxygen atoms in total. The summed E-state index contributed by atoms with van der Waals surface area (Å²) in [5, 5.41) is 9.33. The molecular formula is C20H24ClN3O2. The predicted octanol–water partition coefficient (Wildman–Crippen LogP) is 4.68. The molecule has 2 aromatic rings. The molecule has 3 N–H and O–H groups in total. The number of anilines is 3. The smallest absolute Gasteiger partial charge is 0.243 e. The fourth-order valence-corrected chi connectivity index (χ4v) is 2.26. The lowest BCUT2D eigenvalue weighted by atomic mass is 9.95. The van der Waals surface area contributed by atoms with Gasteiger partial charge in [-0.15, -0.1) is 0 Å². The van der Waals surface area contributed by atoms with E-state index in [2.05, 4.69) is 16.0 Å². The molecule has 0 saturated carbocycles. The second-order valence-corrected chi connectivity index (χ2v) is 7.56. The van der Waals surface area contributed by atoms with Crippen LogP contribution in [0.15, 0.2) is 42.5 Å². The first-order chi connectivity index (χ1) is 12.1. The van der Waals surface area contributed by atoms with E-state index in [1.807, 2.05) is 39.8 Å². The molecule has 26 heavy (non-hydrogen) atoms. The number of carbonyl (C=O) groups excluding carboxylic acids is 2. The maximum Gasteiger partial charge on any atom is 0.243 e. The molecule has 0 aromatic heterocycles. The van der Waals surface area contributed by atoms with Gasteiger partial charge in [0.1, 0.15) is 0 Å². The zero-order chi connectivity index (χ0) is 19.3. The van der Waals surface area contributed by atoms with Gasteiger partial charge < -0.3 is 16.0 Å². The van der Waals surface area contributed by atoms with Crippen LogP contribution in [0.3, 0.4) is 0 Å². The Balaban J connectivity index is 1.93. The van der Waals surface area contributed by atoms with Crippen LogP contribution in [0.2, 0.25) is 5.02 Å². The van der Waals surface area contributed by atoms with Gasteiger partial charge in [0, 0.05) is 27.5 Å². The first-order valence-electron chi connectivity index (χ1n) is 8.36. The fraction of sp³-hybridized carbons (Fsp3) is 0.300. The second kappa shape index (κ2) is 8.23. The maximum absolute atomic E-state index is 12.1. The third-order valence-electron chi connectivity index (χ3n) is 3.71. The van der Waals surface area contributed by atoms with Crippen LogP contribution in [0.4, 0.5) is 17.1 Å². The summed E-state index contributed by atoms with van der Waals surface area (Å²) in [5.41, 5.74) is 2.53. The molecule has 0 atom stereocenters. The summed E-state index contributed by atoms with van der Waals surface area (Å²) in [6.45, 7) is 7.56. The van der Waals surface area contributed by atoms with Crippen molar-refractivity contribution in [2.24, 2.45) is 5.41 Å². The van der Waals surface area contributed by atoms with Crippen molar-refractivity contribution < 1.29 is 9.59 Å². The molecule has 0 heterocycles. The Kier molecular flexibility index (Phi) is 6.27. The van der Waals surface area contributed by atoms with Crippen LogP contribution in [0.1, 0.15) is 26.3 Å². The van der Waals surface area contributed by atoms with Crippen LogP contribution >= 0.6 is 11.6 Å². The van der Waals surface area contributed by atoms with Crippen molar-refractivity contribution >= 4 is 40.5 Å². The van der Waals surface area contributed by atoms with Gasteiger partial charge in [0.2, 0.25) is 11.8 Å². The quantitative estimate of drug-likeness (QED) is 0.712. The van der Waals surface area contributed by atoms with Crippen molar-refractivity contribution in [3.05, 3.63) is 53.1 Å². The van der Waals surface area contributed by atoms with E-state index < -0.39 is 5.41 Å². The number of hydrogen-bond acceptors (Lipinski definition) is 3. The Morgan fingerprint density at radius 1 is 0.962 bits per heavy atom. The minimum Gasteiger partial charge on any atom is -0.376 e. The molecule has 0 saturated heterocycles. The van der Waals surface area contributed by atoms with Crippen LogP contribution in [0.25, 0.3) is 0 Å². The Morgan fingerprint density at radius 2 is 1.62 bits per heavy atom. The Morgan fingerprint density at radius 3 is 2.23 bits per heavy atom. The van der Waals surface area contributed by atoms with Crippen molar-refractivity contribution in [2.45, 2.75) is 27.7 Å². The molecule has 138 valence electrons. The van der Waals surface area contributed by atoms with Crippen molar-refractivity contribution in [1.82, 2.24) is 0 Å². The summed E-state index contributed by atoms with van der Waals surface area (Å²) in [7, 11) is 0. The molecule has 6 heteroatoms. The summed E-state index contributed by atoms with van der Waals surface area (Å²) in [4.78, 5) is 24.2. The van der Waals surface area contributed by atoms with E-state index in [9.17, 15) is 9.59 Å². The summed E-state index contributed by atoms with van der Waals surface area (Å²) < 4.78 is 0. The number of carbonyl (C=O) groups is 2. The van der Waals surface area contributed by atoms with Gasteiger partial charge >= 0.3 is 0 Å². The normalized spacial score (nSPS) is 11.0. The molecule has 0 aliphatic heterocycles. The first kappa shape index (κ1) is 19.8. The Labute approximate surface area is 159 Å². The fourth-order valence-electron chi connectivity index (χ4n) is 2.08. The zero-order valence-corrected chi connectivity index (χ0v) is 16.2. The lowest BCUT2D eigenvalue weighted by Gasteiger charge is -2.18. The average molecular weight is 374 g/mol. The minimum absolute atomic E-state index is 0.0844. The summed E-state index contributed by atoms with van der Waals surface area (Å²) in [6.07, 6.45) is 0. The number of amides is 2. The SMILES string of the molecule is Cc1ccc(NCC(=O)Nc2cccc(NC(=O)C(C)(C)C)c2)cc1Cl. The van der Waals surface area contributed by atoms with Gasteiger partial charge in [-0.05, 0) is 42.8 Å². The Hall–Kier alpha value is -2.53. The molecule has 0 fully saturated rings. The monoisotopic (exact) mass is 373 g/mol. The molecule has 2 amide bonds. The molecule has 0 radical (unpaired) electrons. The number of hydrogen-bond donors (Lipinski definition) is 3. The van der Waals surface area contributed by atoms with E-state index in [1.54, 1.807) is 30.3 Å². The van der Waals surface area contributed by atoms with E-state index in [0.29, 0.717) is 16.4 Å². The van der Waals surface area contributed by atoms with E-state index in [1.165, 1.54) is 0 Å². The maximum atomic E-state index is 12.1. The van der Waals surface area contributed by atoms with Gasteiger partial charge in [-0.3, -0.25) is 9.59 Å². The molecule has 0 unspecified atom stereocenters. The average Bonchev–Trinajstić information content (AvgIpc) is 2.55. The number of benzene rings is 2. The van der Waals surface area contributed by atoms with E-state index >= 15 is 0 Å². The molecule has 0 aliphatic rings. The highest BCUT2D eigenvalue weighted by atomic mass is 35.5. The highest BCUT2D eigenvalue weighted by Gasteiger charge is 2.21. The topological polar surface area (TPSA) is 70.2 Å². The zero-order valence-electron chi connectivity index (χ0n) is 15.4. The second-order valence-electron chi connectivity index (χ2n) is 7.15. The van der Waals surface area contributed by atoms with Crippen LogP contribution in [0.5, 0.6) is 0 Å². The van der Waals surface area contributed by atoms with Crippen LogP contribution in [-0.2, 0) is 9.59 Å². The number of nitrogens with one attached hydrogen (secondary N) is 3. The molecule has 2 rings (SSSR count). The van der Waals surface area contributed by atoms with Crippen LogP contribution in [-0.4, -0.2) is 18.4 Å². The minimum atomic E-state index is -0.488. The van der Waals surface area contributed by atoms with Gasteiger partial charge in [0.15, 0.2) is 0 Å². The van der Waals surface area contributed by atoms with Gasteiger partial charge in [-0.1, -0.05) is 44.5 Å². The Bertz CT molecular complexity index is 813. The lowest BCUT2D eigenvalue weighted by molar-refractivity contribution is -0.123. The molecule has 0 spiro atoms. The van der Waals surface area contributed by atoms with Gasteiger partial charge in [0.05, 0.1) is 6.54 Å². The van der Waals surface area contributed by atoms with Crippen molar-refractivity contribution in [3.63, 3.8) is 0 Å². The van der Waals surface area contributed by atoms with Crippen molar-refractivity contribution in [1.29, 1.82) is 0 Å². The summed E-state index contributed by atoms with van der Waals surface area (Å²) in [5.74, 6) is -0.278. The predicted molar refractivity (Wildman–Crippen MR) is 108 cm³/mol. The van der Waals surface area contributed by atoms with Gasteiger partial charge in [-0.2, -0.15) is 0 Å². The molecule has 0 aliphatic carbocycles.